The molecule has 0 aliphatic carbocycles. The van der Waals surface area contributed by atoms with Gasteiger partial charge in [0.2, 0.25) is 0 Å². The van der Waals surface area contributed by atoms with Gasteiger partial charge in [-0.25, -0.2) is 0 Å². The summed E-state index contributed by atoms with van der Waals surface area (Å²) in [5.41, 5.74) is 6.87. The van der Waals surface area contributed by atoms with Crippen molar-refractivity contribution in [2.45, 2.75) is 33.3 Å². The highest BCUT2D eigenvalue weighted by atomic mass is 16.5. The highest BCUT2D eigenvalue weighted by molar-refractivity contribution is 5.98. The monoisotopic (exact) mass is 370 g/mol. The highest BCUT2D eigenvalue weighted by Crippen LogP contribution is 2.35. The van der Waals surface area contributed by atoms with Gasteiger partial charge in [-0.05, 0) is 45.0 Å². The average Bonchev–Trinajstić information content (AvgIpc) is 3.22. The standard InChI is InChI=1S/C20H22N2O5/c1-4-25-17-11-15-9-12(2)27-18(15)10-14(17)5-6-19(23)21-22-20(24)16-7-8-26-13(16)3/h5-8,10-12H,4,9H2,1-3H3,(H,21,23)(H,22,24). The molecule has 142 valence electrons. The van der Waals surface area contributed by atoms with Crippen LogP contribution in [0.5, 0.6) is 11.5 Å². The van der Waals surface area contributed by atoms with Crippen molar-refractivity contribution >= 4 is 17.9 Å². The van der Waals surface area contributed by atoms with Crippen LogP contribution < -0.4 is 20.3 Å². The molecule has 0 spiro atoms. The van der Waals surface area contributed by atoms with Crippen LogP contribution in [0.1, 0.15) is 41.1 Å². The summed E-state index contributed by atoms with van der Waals surface area (Å²) in [7, 11) is 0. The molecule has 27 heavy (non-hydrogen) atoms. The zero-order valence-electron chi connectivity index (χ0n) is 15.5. The Kier molecular flexibility index (Phi) is 5.49. The summed E-state index contributed by atoms with van der Waals surface area (Å²) in [6, 6.07) is 5.34. The van der Waals surface area contributed by atoms with Crippen molar-refractivity contribution in [3.05, 3.63) is 53.0 Å². The van der Waals surface area contributed by atoms with Crippen molar-refractivity contribution in [3.63, 3.8) is 0 Å². The fourth-order valence-corrected chi connectivity index (χ4v) is 2.88. The maximum Gasteiger partial charge on any atom is 0.273 e. The maximum absolute atomic E-state index is 12.0. The zero-order valence-corrected chi connectivity index (χ0v) is 15.5. The summed E-state index contributed by atoms with van der Waals surface area (Å²) in [6.45, 7) is 6.10. The number of benzene rings is 1. The Morgan fingerprint density at radius 1 is 1.33 bits per heavy atom. The van der Waals surface area contributed by atoms with Crippen molar-refractivity contribution in [2.75, 3.05) is 6.61 Å². The van der Waals surface area contributed by atoms with E-state index in [9.17, 15) is 9.59 Å². The molecule has 0 saturated heterocycles. The number of aryl methyl sites for hydroxylation is 1. The van der Waals surface area contributed by atoms with Gasteiger partial charge in [-0.3, -0.25) is 20.4 Å². The first-order valence-corrected chi connectivity index (χ1v) is 8.76. The lowest BCUT2D eigenvalue weighted by atomic mass is 10.1. The number of carbonyl (C=O) groups is 2. The molecular weight excluding hydrogens is 348 g/mol. The summed E-state index contributed by atoms with van der Waals surface area (Å²) in [5.74, 6) is 1.05. The number of rotatable bonds is 5. The van der Waals surface area contributed by atoms with Gasteiger partial charge in [0.15, 0.2) is 0 Å². The molecule has 1 aliphatic rings. The molecule has 1 aromatic carbocycles. The number of nitrogens with one attached hydrogen (secondary N) is 2. The Morgan fingerprint density at radius 2 is 2.15 bits per heavy atom. The number of fused-ring (bicyclic) bond motifs is 1. The quantitative estimate of drug-likeness (QED) is 0.624. The molecule has 1 aromatic heterocycles. The van der Waals surface area contributed by atoms with Crippen LogP contribution in [0, 0.1) is 6.92 Å². The zero-order chi connectivity index (χ0) is 19.4. The van der Waals surface area contributed by atoms with Crippen LogP contribution in [0.25, 0.3) is 6.08 Å². The number of amides is 2. The second-order valence-corrected chi connectivity index (χ2v) is 6.23. The first-order chi connectivity index (χ1) is 13.0. The van der Waals surface area contributed by atoms with Gasteiger partial charge in [0.1, 0.15) is 23.4 Å². The summed E-state index contributed by atoms with van der Waals surface area (Å²) >= 11 is 0. The molecule has 2 amide bonds. The third kappa shape index (κ3) is 4.31. The molecule has 1 aliphatic heterocycles. The van der Waals surface area contributed by atoms with Gasteiger partial charge < -0.3 is 13.9 Å². The van der Waals surface area contributed by atoms with E-state index in [1.807, 2.05) is 26.0 Å². The van der Waals surface area contributed by atoms with Crippen LogP contribution in [-0.2, 0) is 11.2 Å². The number of hydrazine groups is 1. The molecule has 3 rings (SSSR count). The van der Waals surface area contributed by atoms with Crippen LogP contribution in [0.2, 0.25) is 0 Å². The van der Waals surface area contributed by atoms with E-state index in [2.05, 4.69) is 10.9 Å². The van der Waals surface area contributed by atoms with Crippen LogP contribution in [-0.4, -0.2) is 24.5 Å². The molecule has 0 saturated carbocycles. The van der Waals surface area contributed by atoms with Crippen molar-refractivity contribution in [1.29, 1.82) is 0 Å². The Balaban J connectivity index is 1.66. The number of hydrogen-bond acceptors (Lipinski definition) is 5. The lowest BCUT2D eigenvalue weighted by Gasteiger charge is -2.10. The first-order valence-electron chi connectivity index (χ1n) is 8.76. The Hall–Kier alpha value is -3.22. The van der Waals surface area contributed by atoms with E-state index >= 15 is 0 Å². The molecule has 0 bridgehead atoms. The number of furan rings is 1. The topological polar surface area (TPSA) is 89.8 Å². The Labute approximate surface area is 157 Å². The Morgan fingerprint density at radius 3 is 2.85 bits per heavy atom. The summed E-state index contributed by atoms with van der Waals surface area (Å²) in [5, 5.41) is 0. The molecule has 0 radical (unpaired) electrons. The number of carbonyl (C=O) groups excluding carboxylic acids is 2. The van der Waals surface area contributed by atoms with E-state index in [4.69, 9.17) is 13.9 Å². The minimum atomic E-state index is -0.471. The van der Waals surface area contributed by atoms with Gasteiger partial charge in [-0.2, -0.15) is 0 Å². The van der Waals surface area contributed by atoms with Crippen LogP contribution >= 0.6 is 0 Å². The lowest BCUT2D eigenvalue weighted by Crippen LogP contribution is -2.40. The van der Waals surface area contributed by atoms with Crippen LogP contribution in [0.3, 0.4) is 0 Å². The molecular formula is C20H22N2O5. The van der Waals surface area contributed by atoms with Gasteiger partial charge in [0.25, 0.3) is 11.8 Å². The molecule has 2 aromatic rings. The van der Waals surface area contributed by atoms with E-state index < -0.39 is 11.8 Å². The largest absolute Gasteiger partial charge is 0.493 e. The highest BCUT2D eigenvalue weighted by Gasteiger charge is 2.21. The molecule has 1 unspecified atom stereocenters. The summed E-state index contributed by atoms with van der Waals surface area (Å²) in [4.78, 5) is 24.0. The lowest BCUT2D eigenvalue weighted by molar-refractivity contribution is -0.117. The molecule has 1 atom stereocenters. The van der Waals surface area contributed by atoms with Crippen molar-refractivity contribution in [2.24, 2.45) is 0 Å². The van der Waals surface area contributed by atoms with Gasteiger partial charge in [-0.15, -0.1) is 0 Å². The van der Waals surface area contributed by atoms with E-state index in [-0.39, 0.29) is 6.10 Å². The smallest absolute Gasteiger partial charge is 0.273 e. The second-order valence-electron chi connectivity index (χ2n) is 6.23. The molecule has 0 fully saturated rings. The fourth-order valence-electron chi connectivity index (χ4n) is 2.88. The van der Waals surface area contributed by atoms with E-state index in [0.717, 1.165) is 23.3 Å². The molecule has 7 heteroatoms. The van der Waals surface area contributed by atoms with Gasteiger partial charge in [-0.1, -0.05) is 0 Å². The number of ether oxygens (including phenoxy) is 2. The second kappa shape index (κ2) is 7.99. The van der Waals surface area contributed by atoms with Crippen molar-refractivity contribution in [3.8, 4) is 11.5 Å². The number of hydrogen-bond donors (Lipinski definition) is 2. The molecule has 2 heterocycles. The van der Waals surface area contributed by atoms with Crippen LogP contribution in [0.4, 0.5) is 0 Å². The summed E-state index contributed by atoms with van der Waals surface area (Å²) < 4.78 is 16.5. The molecule has 7 nitrogen and oxygen atoms in total. The normalized spacial score (nSPS) is 15.3. The van der Waals surface area contributed by atoms with Crippen LogP contribution in [0.15, 0.2) is 35.0 Å². The van der Waals surface area contributed by atoms with Gasteiger partial charge in [0, 0.05) is 23.6 Å². The minimum absolute atomic E-state index is 0.124. The first kappa shape index (κ1) is 18.6. The van der Waals surface area contributed by atoms with E-state index in [0.29, 0.717) is 23.7 Å². The maximum atomic E-state index is 12.0. The fraction of sp³-hybridized carbons (Fsp3) is 0.300. The van der Waals surface area contributed by atoms with E-state index in [1.54, 1.807) is 13.0 Å². The van der Waals surface area contributed by atoms with E-state index in [1.165, 1.54) is 18.4 Å². The Bertz CT molecular complexity index is 884. The third-order valence-electron chi connectivity index (χ3n) is 4.15. The van der Waals surface area contributed by atoms with Gasteiger partial charge >= 0.3 is 0 Å². The average molecular weight is 370 g/mol. The predicted octanol–water partition coefficient (Wildman–Crippen LogP) is 2.78. The van der Waals surface area contributed by atoms with Crippen molar-refractivity contribution in [1.82, 2.24) is 10.9 Å². The SMILES string of the molecule is CCOc1cc2c(cc1C=CC(=O)NNC(=O)c1ccoc1C)OC(C)C2. The minimum Gasteiger partial charge on any atom is -0.493 e. The molecule has 2 N–H and O–H groups in total. The third-order valence-corrected chi connectivity index (χ3v) is 4.15. The summed E-state index contributed by atoms with van der Waals surface area (Å²) in [6.07, 6.45) is 5.32. The van der Waals surface area contributed by atoms with Crippen molar-refractivity contribution < 1.29 is 23.5 Å². The predicted molar refractivity (Wildman–Crippen MR) is 99.5 cm³/mol. The van der Waals surface area contributed by atoms with Gasteiger partial charge in [0.05, 0.1) is 18.4 Å².